The Hall–Kier alpha value is -1.93. The van der Waals surface area contributed by atoms with Gasteiger partial charge >= 0.3 is 6.09 Å². The summed E-state index contributed by atoms with van der Waals surface area (Å²) in [5, 5.41) is 6.67. The molecule has 0 saturated carbocycles. The molecule has 0 radical (unpaired) electrons. The fourth-order valence-electron chi connectivity index (χ4n) is 2.76. The van der Waals surface area contributed by atoms with Crippen molar-refractivity contribution in [3.05, 3.63) is 22.4 Å². The molecule has 0 unspecified atom stereocenters. The lowest BCUT2D eigenvalue weighted by Crippen LogP contribution is -2.56. The van der Waals surface area contributed by atoms with E-state index in [1.165, 1.54) is 17.7 Å². The summed E-state index contributed by atoms with van der Waals surface area (Å²) in [4.78, 5) is 34.5. The lowest BCUT2D eigenvalue weighted by molar-refractivity contribution is -0.124. The number of nitrogens with one attached hydrogen (secondary N) is 2. The van der Waals surface area contributed by atoms with Crippen LogP contribution in [0.25, 0.3) is 10.2 Å². The Kier molecular flexibility index (Phi) is 4.59. The number of nitrogens with zero attached hydrogens (tertiary/aromatic N) is 2. The van der Waals surface area contributed by atoms with Crippen molar-refractivity contribution in [2.45, 2.75) is 44.8 Å². The number of alkyl carbamates (subject to hydrolysis) is 1. The average molecular weight is 383 g/mol. The Morgan fingerprint density at radius 3 is 2.84 bits per heavy atom. The van der Waals surface area contributed by atoms with Gasteiger partial charge in [-0.05, 0) is 33.3 Å². The van der Waals surface area contributed by atoms with Crippen molar-refractivity contribution < 1.29 is 14.3 Å². The summed E-state index contributed by atoms with van der Waals surface area (Å²) in [6.07, 6.45) is 1.62. The van der Waals surface area contributed by atoms with E-state index in [0.717, 1.165) is 15.1 Å². The standard InChI is InChI=1S/C16H19ClN4O3S/c1-15(2,3)24-14(23)21-16(4-5-18-13(16)22)7-9-6-10-11(17)19-8-20-12(10)25-9/h6,8H,4-5,7H2,1-3H3,(H,18,22)(H,21,23)/t16-/m0/s1. The number of amides is 2. The van der Waals surface area contributed by atoms with Gasteiger partial charge in [0.1, 0.15) is 27.5 Å². The molecular weight excluding hydrogens is 364 g/mol. The molecule has 7 nitrogen and oxygen atoms in total. The van der Waals surface area contributed by atoms with E-state index in [4.69, 9.17) is 16.3 Å². The van der Waals surface area contributed by atoms with E-state index in [1.54, 1.807) is 20.8 Å². The zero-order valence-corrected chi connectivity index (χ0v) is 15.8. The van der Waals surface area contributed by atoms with Gasteiger partial charge in [0.15, 0.2) is 0 Å². The summed E-state index contributed by atoms with van der Waals surface area (Å²) in [7, 11) is 0. The fourth-order valence-corrected chi connectivity index (χ4v) is 4.12. The third-order valence-corrected chi connectivity index (χ3v) is 5.16. The molecule has 1 aliphatic rings. The predicted molar refractivity (Wildman–Crippen MR) is 95.9 cm³/mol. The first-order chi connectivity index (χ1) is 11.7. The van der Waals surface area contributed by atoms with Crippen LogP contribution in [-0.4, -0.2) is 39.7 Å². The predicted octanol–water partition coefficient (Wildman–Crippen LogP) is 2.67. The topological polar surface area (TPSA) is 93.2 Å². The third kappa shape index (κ3) is 3.85. The van der Waals surface area contributed by atoms with Gasteiger partial charge in [-0.15, -0.1) is 11.3 Å². The molecule has 2 amide bonds. The Morgan fingerprint density at radius 2 is 2.24 bits per heavy atom. The number of halogens is 1. The van der Waals surface area contributed by atoms with Gasteiger partial charge in [-0.25, -0.2) is 14.8 Å². The van der Waals surface area contributed by atoms with E-state index < -0.39 is 17.2 Å². The first-order valence-corrected chi connectivity index (χ1v) is 9.06. The molecule has 0 aliphatic carbocycles. The summed E-state index contributed by atoms with van der Waals surface area (Å²) < 4.78 is 5.32. The van der Waals surface area contributed by atoms with Gasteiger partial charge in [-0.3, -0.25) is 4.79 Å². The maximum absolute atomic E-state index is 12.5. The van der Waals surface area contributed by atoms with Gasteiger partial charge < -0.3 is 15.4 Å². The van der Waals surface area contributed by atoms with Crippen LogP contribution in [0, 0.1) is 0 Å². The fraction of sp³-hybridized carbons (Fsp3) is 0.500. The molecule has 134 valence electrons. The summed E-state index contributed by atoms with van der Waals surface area (Å²) in [5.41, 5.74) is -1.68. The maximum atomic E-state index is 12.5. The summed E-state index contributed by atoms with van der Waals surface area (Å²) >= 11 is 7.53. The van der Waals surface area contributed by atoms with Gasteiger partial charge in [0.05, 0.1) is 0 Å². The summed E-state index contributed by atoms with van der Waals surface area (Å²) in [6.45, 7) is 5.84. The number of hydrogen-bond donors (Lipinski definition) is 2. The van der Waals surface area contributed by atoms with Crippen molar-refractivity contribution in [3.8, 4) is 0 Å². The van der Waals surface area contributed by atoms with Gasteiger partial charge in [0.25, 0.3) is 0 Å². The normalized spacial score (nSPS) is 20.6. The molecule has 1 saturated heterocycles. The van der Waals surface area contributed by atoms with Gasteiger partial charge in [-0.1, -0.05) is 11.6 Å². The van der Waals surface area contributed by atoms with E-state index in [-0.39, 0.29) is 5.91 Å². The zero-order valence-electron chi connectivity index (χ0n) is 14.2. The second-order valence-corrected chi connectivity index (χ2v) is 8.46. The highest BCUT2D eigenvalue weighted by Crippen LogP contribution is 2.32. The molecule has 2 aromatic rings. The molecule has 0 bridgehead atoms. The SMILES string of the molecule is CC(C)(C)OC(=O)N[C@]1(Cc2cc3c(Cl)ncnc3s2)CCNC1=O. The number of carbonyl (C=O) groups is 2. The minimum atomic E-state index is -1.04. The second-order valence-electron chi connectivity index (χ2n) is 6.99. The van der Waals surface area contributed by atoms with E-state index in [9.17, 15) is 9.59 Å². The Bertz CT molecular complexity index is 832. The molecule has 2 aromatic heterocycles. The van der Waals surface area contributed by atoms with Crippen molar-refractivity contribution in [2.75, 3.05) is 6.54 Å². The van der Waals surface area contributed by atoms with Gasteiger partial charge in [0, 0.05) is 23.2 Å². The zero-order chi connectivity index (χ0) is 18.2. The number of ether oxygens (including phenoxy) is 1. The van der Waals surface area contributed by atoms with E-state index in [0.29, 0.717) is 24.5 Å². The number of thiophene rings is 1. The molecule has 0 spiro atoms. The second kappa shape index (κ2) is 6.42. The van der Waals surface area contributed by atoms with E-state index >= 15 is 0 Å². The van der Waals surface area contributed by atoms with Crippen LogP contribution in [0.1, 0.15) is 32.1 Å². The molecule has 3 rings (SSSR count). The van der Waals surface area contributed by atoms with Gasteiger partial charge in [-0.2, -0.15) is 0 Å². The quantitative estimate of drug-likeness (QED) is 0.796. The monoisotopic (exact) mass is 382 g/mol. The largest absolute Gasteiger partial charge is 0.444 e. The van der Waals surface area contributed by atoms with Crippen LogP contribution in [0.5, 0.6) is 0 Å². The van der Waals surface area contributed by atoms with Crippen molar-refractivity contribution in [3.63, 3.8) is 0 Å². The molecule has 2 N–H and O–H groups in total. The molecule has 1 atom stereocenters. The van der Waals surface area contributed by atoms with Crippen molar-refractivity contribution in [1.29, 1.82) is 0 Å². The number of aromatic nitrogens is 2. The van der Waals surface area contributed by atoms with Crippen LogP contribution >= 0.6 is 22.9 Å². The molecule has 1 fully saturated rings. The lowest BCUT2D eigenvalue weighted by atomic mass is 9.92. The van der Waals surface area contributed by atoms with Crippen molar-refractivity contribution >= 4 is 45.2 Å². The van der Waals surface area contributed by atoms with Crippen molar-refractivity contribution in [2.24, 2.45) is 0 Å². The molecule has 25 heavy (non-hydrogen) atoms. The molecule has 9 heteroatoms. The first kappa shape index (κ1) is 17.9. The van der Waals surface area contributed by atoms with E-state index in [1.807, 2.05) is 6.07 Å². The number of fused-ring (bicyclic) bond motifs is 1. The van der Waals surface area contributed by atoms with Crippen LogP contribution in [0.15, 0.2) is 12.4 Å². The lowest BCUT2D eigenvalue weighted by Gasteiger charge is -2.29. The number of rotatable bonds is 3. The van der Waals surface area contributed by atoms with Gasteiger partial charge in [0.2, 0.25) is 5.91 Å². The smallest absolute Gasteiger partial charge is 0.408 e. The number of carbonyl (C=O) groups excluding carboxylic acids is 2. The minimum absolute atomic E-state index is 0.215. The highest BCUT2D eigenvalue weighted by molar-refractivity contribution is 7.18. The number of hydrogen-bond acceptors (Lipinski definition) is 6. The average Bonchev–Trinajstić information content (AvgIpc) is 3.02. The maximum Gasteiger partial charge on any atom is 0.408 e. The van der Waals surface area contributed by atoms with Crippen molar-refractivity contribution in [1.82, 2.24) is 20.6 Å². The molecule has 0 aromatic carbocycles. The Morgan fingerprint density at radius 1 is 1.48 bits per heavy atom. The Balaban J connectivity index is 1.86. The van der Waals surface area contributed by atoms with Crippen LogP contribution in [0.4, 0.5) is 4.79 Å². The van der Waals surface area contributed by atoms with Crippen LogP contribution in [0.3, 0.4) is 0 Å². The highest BCUT2D eigenvalue weighted by Gasteiger charge is 2.45. The van der Waals surface area contributed by atoms with Crippen LogP contribution in [0.2, 0.25) is 5.15 Å². The van der Waals surface area contributed by atoms with Crippen LogP contribution in [-0.2, 0) is 16.0 Å². The highest BCUT2D eigenvalue weighted by atomic mass is 35.5. The molecular formula is C16H19ClN4O3S. The third-order valence-electron chi connectivity index (χ3n) is 3.82. The first-order valence-electron chi connectivity index (χ1n) is 7.87. The summed E-state index contributed by atoms with van der Waals surface area (Å²) in [6, 6.07) is 1.87. The minimum Gasteiger partial charge on any atom is -0.444 e. The molecule has 3 heterocycles. The molecule has 1 aliphatic heterocycles. The van der Waals surface area contributed by atoms with E-state index in [2.05, 4.69) is 20.6 Å². The summed E-state index contributed by atoms with van der Waals surface area (Å²) in [5.74, 6) is -0.215. The Labute approximate surface area is 154 Å². The van der Waals surface area contributed by atoms with Crippen LogP contribution < -0.4 is 10.6 Å².